The first kappa shape index (κ1) is 12.5. The molecule has 1 aliphatic carbocycles. The highest BCUT2D eigenvalue weighted by Gasteiger charge is 2.31. The van der Waals surface area contributed by atoms with Crippen LogP contribution >= 0.6 is 0 Å². The summed E-state index contributed by atoms with van der Waals surface area (Å²) in [5.74, 6) is -0.216. The van der Waals surface area contributed by atoms with Crippen LogP contribution in [0.2, 0.25) is 0 Å². The van der Waals surface area contributed by atoms with Crippen molar-refractivity contribution in [3.05, 3.63) is 0 Å². The quantitative estimate of drug-likeness (QED) is 0.705. The minimum absolute atomic E-state index is 0.214. The van der Waals surface area contributed by atoms with Crippen LogP contribution in [0.1, 0.15) is 52.4 Å². The molecule has 3 N–H and O–H groups in total. The van der Waals surface area contributed by atoms with Crippen molar-refractivity contribution < 1.29 is 4.79 Å². The van der Waals surface area contributed by atoms with Crippen molar-refractivity contribution in [2.24, 2.45) is 11.1 Å². The third-order valence-corrected chi connectivity index (χ3v) is 3.75. The molecule has 0 aliphatic heterocycles. The van der Waals surface area contributed by atoms with Crippen LogP contribution in [0.5, 0.6) is 0 Å². The van der Waals surface area contributed by atoms with E-state index in [9.17, 15) is 4.79 Å². The molecule has 0 aromatic heterocycles. The minimum Gasteiger partial charge on any atom is -0.370 e. The van der Waals surface area contributed by atoms with Gasteiger partial charge in [-0.3, -0.25) is 4.79 Å². The predicted molar refractivity (Wildman–Crippen MR) is 62.5 cm³/mol. The van der Waals surface area contributed by atoms with E-state index in [1.807, 2.05) is 6.92 Å². The number of nitrogens with one attached hydrogen (secondary N) is 1. The van der Waals surface area contributed by atoms with E-state index in [0.717, 1.165) is 6.54 Å². The van der Waals surface area contributed by atoms with Crippen LogP contribution < -0.4 is 11.1 Å². The average molecular weight is 212 g/mol. The molecule has 1 unspecified atom stereocenters. The number of rotatable bonds is 6. The largest absolute Gasteiger partial charge is 0.370 e. The van der Waals surface area contributed by atoms with Gasteiger partial charge >= 0.3 is 0 Å². The molecule has 1 rings (SSSR count). The molecular formula is C12H24N2O. The van der Waals surface area contributed by atoms with Crippen molar-refractivity contribution in [1.29, 1.82) is 0 Å². The maximum atomic E-state index is 10.7. The molecule has 0 spiro atoms. The third kappa shape index (κ3) is 3.82. The van der Waals surface area contributed by atoms with Crippen molar-refractivity contribution in [2.75, 3.05) is 6.54 Å². The Kier molecular flexibility index (Phi) is 4.58. The molecule has 3 nitrogen and oxygen atoms in total. The molecule has 0 aromatic rings. The fraction of sp³-hybridized carbons (Fsp3) is 0.917. The van der Waals surface area contributed by atoms with E-state index in [0.29, 0.717) is 11.8 Å². The van der Waals surface area contributed by atoms with E-state index in [2.05, 4.69) is 12.2 Å². The number of hydrogen-bond donors (Lipinski definition) is 2. The van der Waals surface area contributed by atoms with Gasteiger partial charge in [0.05, 0.1) is 0 Å². The fourth-order valence-corrected chi connectivity index (χ4v) is 2.55. The van der Waals surface area contributed by atoms with Gasteiger partial charge in [0.25, 0.3) is 0 Å². The summed E-state index contributed by atoms with van der Waals surface area (Å²) in [6, 6.07) is 0.214. The Balaban J connectivity index is 2.30. The van der Waals surface area contributed by atoms with Crippen LogP contribution in [-0.2, 0) is 4.79 Å². The number of carbonyl (C=O) groups is 1. The first-order valence-electron chi connectivity index (χ1n) is 6.10. The van der Waals surface area contributed by atoms with Crippen LogP contribution in [-0.4, -0.2) is 18.5 Å². The summed E-state index contributed by atoms with van der Waals surface area (Å²) in [6.07, 6.45) is 7.07. The molecule has 0 heterocycles. The molecule has 0 bridgehead atoms. The molecule has 1 fully saturated rings. The van der Waals surface area contributed by atoms with Gasteiger partial charge in [-0.1, -0.05) is 19.8 Å². The van der Waals surface area contributed by atoms with E-state index in [1.165, 1.54) is 32.1 Å². The Bertz CT molecular complexity index is 210. The standard InChI is InChI=1S/C12H24N2O/c1-3-12(6-4-5-7-12)9-14-10(2)8-11(13)15/h10,14H,3-9H2,1-2H3,(H2,13,15). The normalized spacial score (nSPS) is 21.5. The summed E-state index contributed by atoms with van der Waals surface area (Å²) in [7, 11) is 0. The van der Waals surface area contributed by atoms with E-state index in [4.69, 9.17) is 5.73 Å². The number of nitrogens with two attached hydrogens (primary N) is 1. The number of carbonyl (C=O) groups excluding carboxylic acids is 1. The molecule has 1 saturated carbocycles. The summed E-state index contributed by atoms with van der Waals surface area (Å²) < 4.78 is 0. The molecule has 3 heteroatoms. The molecule has 0 aromatic carbocycles. The lowest BCUT2D eigenvalue weighted by molar-refractivity contribution is -0.118. The van der Waals surface area contributed by atoms with Crippen LogP contribution in [0.15, 0.2) is 0 Å². The number of primary amides is 1. The van der Waals surface area contributed by atoms with E-state index in [-0.39, 0.29) is 11.9 Å². The molecule has 15 heavy (non-hydrogen) atoms. The lowest BCUT2D eigenvalue weighted by Crippen LogP contribution is -2.38. The number of amides is 1. The molecule has 0 saturated heterocycles. The average Bonchev–Trinajstić information content (AvgIpc) is 2.63. The lowest BCUT2D eigenvalue weighted by Gasteiger charge is -2.29. The van der Waals surface area contributed by atoms with Crippen LogP contribution in [0.4, 0.5) is 0 Å². The zero-order chi connectivity index (χ0) is 11.3. The summed E-state index contributed by atoms with van der Waals surface area (Å²) in [4.78, 5) is 10.7. The Hall–Kier alpha value is -0.570. The maximum Gasteiger partial charge on any atom is 0.218 e. The Labute approximate surface area is 92.8 Å². The second kappa shape index (κ2) is 5.50. The summed E-state index contributed by atoms with van der Waals surface area (Å²) in [5.41, 5.74) is 5.66. The van der Waals surface area contributed by atoms with Crippen molar-refractivity contribution in [3.8, 4) is 0 Å². The zero-order valence-corrected chi connectivity index (χ0v) is 10.0. The van der Waals surface area contributed by atoms with Crippen molar-refractivity contribution in [1.82, 2.24) is 5.32 Å². The van der Waals surface area contributed by atoms with Crippen LogP contribution in [0, 0.1) is 5.41 Å². The van der Waals surface area contributed by atoms with E-state index in [1.54, 1.807) is 0 Å². The molecular weight excluding hydrogens is 188 g/mol. The predicted octanol–water partition coefficient (Wildman–Crippen LogP) is 1.81. The molecule has 1 aliphatic rings. The third-order valence-electron chi connectivity index (χ3n) is 3.75. The number of hydrogen-bond acceptors (Lipinski definition) is 2. The van der Waals surface area contributed by atoms with Gasteiger partial charge in [-0.05, 0) is 31.6 Å². The first-order chi connectivity index (χ1) is 7.08. The van der Waals surface area contributed by atoms with Gasteiger partial charge in [0.2, 0.25) is 5.91 Å². The van der Waals surface area contributed by atoms with Crippen molar-refractivity contribution in [2.45, 2.75) is 58.4 Å². The van der Waals surface area contributed by atoms with Gasteiger partial charge in [0, 0.05) is 19.0 Å². The van der Waals surface area contributed by atoms with Gasteiger partial charge in [-0.25, -0.2) is 0 Å². The lowest BCUT2D eigenvalue weighted by atomic mass is 9.83. The van der Waals surface area contributed by atoms with Crippen LogP contribution in [0.25, 0.3) is 0 Å². The second-order valence-corrected chi connectivity index (χ2v) is 5.01. The van der Waals surface area contributed by atoms with Gasteiger partial charge in [-0.2, -0.15) is 0 Å². The topological polar surface area (TPSA) is 55.1 Å². The van der Waals surface area contributed by atoms with Crippen molar-refractivity contribution >= 4 is 5.91 Å². The second-order valence-electron chi connectivity index (χ2n) is 5.01. The van der Waals surface area contributed by atoms with Crippen LogP contribution in [0.3, 0.4) is 0 Å². The van der Waals surface area contributed by atoms with Gasteiger partial charge in [0.1, 0.15) is 0 Å². The fourth-order valence-electron chi connectivity index (χ4n) is 2.55. The SMILES string of the molecule is CCC1(CNC(C)CC(N)=O)CCCC1. The summed E-state index contributed by atoms with van der Waals surface area (Å²) in [5, 5.41) is 3.45. The minimum atomic E-state index is -0.216. The maximum absolute atomic E-state index is 10.7. The highest BCUT2D eigenvalue weighted by atomic mass is 16.1. The first-order valence-corrected chi connectivity index (χ1v) is 6.10. The molecule has 1 amide bonds. The molecule has 0 radical (unpaired) electrons. The van der Waals surface area contributed by atoms with Gasteiger partial charge in [0.15, 0.2) is 0 Å². The van der Waals surface area contributed by atoms with Gasteiger partial charge < -0.3 is 11.1 Å². The smallest absolute Gasteiger partial charge is 0.218 e. The highest BCUT2D eigenvalue weighted by molar-refractivity contribution is 5.74. The van der Waals surface area contributed by atoms with Crippen molar-refractivity contribution in [3.63, 3.8) is 0 Å². The Morgan fingerprint density at radius 3 is 2.53 bits per heavy atom. The zero-order valence-electron chi connectivity index (χ0n) is 10.0. The Morgan fingerprint density at radius 1 is 1.47 bits per heavy atom. The molecule has 1 atom stereocenters. The highest BCUT2D eigenvalue weighted by Crippen LogP contribution is 2.40. The Morgan fingerprint density at radius 2 is 2.07 bits per heavy atom. The van der Waals surface area contributed by atoms with Gasteiger partial charge in [-0.15, -0.1) is 0 Å². The summed E-state index contributed by atoms with van der Waals surface area (Å²) in [6.45, 7) is 5.34. The van der Waals surface area contributed by atoms with E-state index < -0.39 is 0 Å². The van der Waals surface area contributed by atoms with E-state index >= 15 is 0 Å². The monoisotopic (exact) mass is 212 g/mol. The summed E-state index contributed by atoms with van der Waals surface area (Å²) >= 11 is 0. The molecule has 88 valence electrons.